The van der Waals surface area contributed by atoms with Gasteiger partial charge in [-0.15, -0.1) is 0 Å². The maximum Gasteiger partial charge on any atom is 0.126 e. The number of ether oxygens (including phenoxy) is 1. The largest absolute Gasteiger partial charge is 0.392 e. The number of halogens is 1. The molecule has 0 aromatic heterocycles. The molecule has 1 heterocycles. The zero-order chi connectivity index (χ0) is 11.4. The van der Waals surface area contributed by atoms with E-state index in [9.17, 15) is 9.50 Å². The van der Waals surface area contributed by atoms with Crippen LogP contribution in [0.25, 0.3) is 0 Å². The molecule has 1 saturated heterocycles. The van der Waals surface area contributed by atoms with E-state index in [1.807, 2.05) is 0 Å². The SMILES string of the molecule is OC(Cc1ccccc1F)C1CCCOC1. The molecule has 0 amide bonds. The van der Waals surface area contributed by atoms with Crippen LogP contribution >= 0.6 is 0 Å². The lowest BCUT2D eigenvalue weighted by molar-refractivity contribution is -0.00873. The predicted octanol–water partition coefficient (Wildman–Crippen LogP) is 2.16. The third-order valence-electron chi connectivity index (χ3n) is 3.13. The van der Waals surface area contributed by atoms with Crippen molar-refractivity contribution < 1.29 is 14.2 Å². The van der Waals surface area contributed by atoms with Crippen molar-refractivity contribution in [1.29, 1.82) is 0 Å². The maximum atomic E-state index is 13.4. The average molecular weight is 224 g/mol. The zero-order valence-electron chi connectivity index (χ0n) is 9.23. The lowest BCUT2D eigenvalue weighted by atomic mass is 9.91. The normalized spacial score (nSPS) is 23.0. The summed E-state index contributed by atoms with van der Waals surface area (Å²) in [6.45, 7) is 1.37. The van der Waals surface area contributed by atoms with Gasteiger partial charge in [-0.1, -0.05) is 18.2 Å². The highest BCUT2D eigenvalue weighted by Gasteiger charge is 2.23. The van der Waals surface area contributed by atoms with Crippen molar-refractivity contribution >= 4 is 0 Å². The summed E-state index contributed by atoms with van der Waals surface area (Å²) in [5.74, 6) is -0.0911. The fourth-order valence-electron chi connectivity index (χ4n) is 2.13. The molecular formula is C13H17FO2. The minimum atomic E-state index is -0.503. The molecule has 2 rings (SSSR count). The summed E-state index contributed by atoms with van der Waals surface area (Å²) in [7, 11) is 0. The average Bonchev–Trinajstić information content (AvgIpc) is 2.33. The van der Waals surface area contributed by atoms with E-state index in [0.717, 1.165) is 19.4 Å². The lowest BCUT2D eigenvalue weighted by Crippen LogP contribution is -2.30. The van der Waals surface area contributed by atoms with E-state index in [4.69, 9.17) is 4.74 Å². The van der Waals surface area contributed by atoms with Crippen molar-refractivity contribution in [3.63, 3.8) is 0 Å². The summed E-state index contributed by atoms with van der Waals surface area (Å²) in [5.41, 5.74) is 0.584. The van der Waals surface area contributed by atoms with E-state index in [1.165, 1.54) is 6.07 Å². The van der Waals surface area contributed by atoms with Gasteiger partial charge in [0, 0.05) is 18.9 Å². The second-order valence-electron chi connectivity index (χ2n) is 4.34. The molecule has 1 fully saturated rings. The van der Waals surface area contributed by atoms with Gasteiger partial charge in [0.2, 0.25) is 0 Å². The van der Waals surface area contributed by atoms with Crippen LogP contribution in [0.1, 0.15) is 18.4 Å². The van der Waals surface area contributed by atoms with Gasteiger partial charge in [-0.05, 0) is 24.5 Å². The van der Waals surface area contributed by atoms with Gasteiger partial charge in [0.05, 0.1) is 12.7 Å². The Morgan fingerprint density at radius 2 is 2.25 bits per heavy atom. The summed E-state index contributed by atoms with van der Waals surface area (Å²) in [4.78, 5) is 0. The van der Waals surface area contributed by atoms with Crippen LogP contribution in [0.4, 0.5) is 4.39 Å². The van der Waals surface area contributed by atoms with Gasteiger partial charge in [0.1, 0.15) is 5.82 Å². The second-order valence-corrected chi connectivity index (χ2v) is 4.34. The summed E-state index contributed by atoms with van der Waals surface area (Å²) in [6.07, 6.45) is 1.83. The maximum absolute atomic E-state index is 13.4. The van der Waals surface area contributed by atoms with Crippen LogP contribution in [0.5, 0.6) is 0 Å². The van der Waals surface area contributed by atoms with Gasteiger partial charge in [-0.2, -0.15) is 0 Å². The Balaban J connectivity index is 1.96. The molecule has 0 saturated carbocycles. The van der Waals surface area contributed by atoms with Crippen molar-refractivity contribution in [1.82, 2.24) is 0 Å². The molecule has 2 unspecified atom stereocenters. The fourth-order valence-corrected chi connectivity index (χ4v) is 2.13. The molecule has 2 nitrogen and oxygen atoms in total. The van der Waals surface area contributed by atoms with Gasteiger partial charge >= 0.3 is 0 Å². The van der Waals surface area contributed by atoms with Crippen molar-refractivity contribution in [3.05, 3.63) is 35.6 Å². The Morgan fingerprint density at radius 1 is 1.44 bits per heavy atom. The molecule has 1 N–H and O–H groups in total. The van der Waals surface area contributed by atoms with Gasteiger partial charge in [-0.25, -0.2) is 4.39 Å². The highest BCUT2D eigenvalue weighted by molar-refractivity contribution is 5.18. The Morgan fingerprint density at radius 3 is 2.94 bits per heavy atom. The molecule has 0 radical (unpaired) electrons. The monoisotopic (exact) mass is 224 g/mol. The molecule has 0 aliphatic carbocycles. The van der Waals surface area contributed by atoms with Crippen molar-refractivity contribution in [2.45, 2.75) is 25.4 Å². The van der Waals surface area contributed by atoms with Crippen LogP contribution < -0.4 is 0 Å². The van der Waals surface area contributed by atoms with Crippen molar-refractivity contribution in [2.24, 2.45) is 5.92 Å². The lowest BCUT2D eigenvalue weighted by Gasteiger charge is -2.26. The van der Waals surface area contributed by atoms with Gasteiger partial charge < -0.3 is 9.84 Å². The molecule has 2 atom stereocenters. The Hall–Kier alpha value is -0.930. The second kappa shape index (κ2) is 5.41. The number of aliphatic hydroxyl groups is 1. The van der Waals surface area contributed by atoms with E-state index in [2.05, 4.69) is 0 Å². The molecule has 0 bridgehead atoms. The third-order valence-corrected chi connectivity index (χ3v) is 3.13. The molecule has 1 aromatic rings. The zero-order valence-corrected chi connectivity index (χ0v) is 9.23. The van der Waals surface area contributed by atoms with Crippen molar-refractivity contribution in [3.8, 4) is 0 Å². The number of aliphatic hydroxyl groups excluding tert-OH is 1. The molecule has 88 valence electrons. The quantitative estimate of drug-likeness (QED) is 0.852. The molecule has 1 aliphatic rings. The molecule has 0 spiro atoms. The Labute approximate surface area is 95.1 Å². The topological polar surface area (TPSA) is 29.5 Å². The Kier molecular flexibility index (Phi) is 3.91. The molecule has 16 heavy (non-hydrogen) atoms. The van der Waals surface area contributed by atoms with E-state index in [0.29, 0.717) is 18.6 Å². The highest BCUT2D eigenvalue weighted by atomic mass is 19.1. The van der Waals surface area contributed by atoms with Crippen LogP contribution in [-0.2, 0) is 11.2 Å². The first-order valence-corrected chi connectivity index (χ1v) is 5.76. The number of hydrogen-bond acceptors (Lipinski definition) is 2. The van der Waals surface area contributed by atoms with E-state index >= 15 is 0 Å². The summed E-state index contributed by atoms with van der Waals surface area (Å²) in [6, 6.07) is 6.61. The summed E-state index contributed by atoms with van der Waals surface area (Å²) in [5, 5.41) is 10.0. The fraction of sp³-hybridized carbons (Fsp3) is 0.538. The Bertz CT molecular complexity index is 334. The molecular weight excluding hydrogens is 207 g/mol. The summed E-state index contributed by atoms with van der Waals surface area (Å²) < 4.78 is 18.7. The summed E-state index contributed by atoms with van der Waals surface area (Å²) >= 11 is 0. The van der Waals surface area contributed by atoms with Crippen molar-refractivity contribution in [2.75, 3.05) is 13.2 Å². The predicted molar refractivity (Wildman–Crippen MR) is 59.7 cm³/mol. The minimum absolute atomic E-state index is 0.147. The first-order valence-electron chi connectivity index (χ1n) is 5.76. The van der Waals surface area contributed by atoms with Gasteiger partial charge in [0.15, 0.2) is 0 Å². The highest BCUT2D eigenvalue weighted by Crippen LogP contribution is 2.21. The van der Waals surface area contributed by atoms with Crippen LogP contribution in [0.15, 0.2) is 24.3 Å². The number of benzene rings is 1. The van der Waals surface area contributed by atoms with Crippen LogP contribution in [-0.4, -0.2) is 24.4 Å². The first kappa shape index (κ1) is 11.6. The smallest absolute Gasteiger partial charge is 0.126 e. The van der Waals surface area contributed by atoms with Gasteiger partial charge in [0.25, 0.3) is 0 Å². The number of hydrogen-bond donors (Lipinski definition) is 1. The minimum Gasteiger partial charge on any atom is -0.392 e. The van der Waals surface area contributed by atoms with Gasteiger partial charge in [-0.3, -0.25) is 0 Å². The van der Waals surface area contributed by atoms with Crippen LogP contribution in [0, 0.1) is 11.7 Å². The van der Waals surface area contributed by atoms with Crippen LogP contribution in [0.2, 0.25) is 0 Å². The van der Waals surface area contributed by atoms with E-state index < -0.39 is 6.10 Å². The number of rotatable bonds is 3. The van der Waals surface area contributed by atoms with E-state index in [1.54, 1.807) is 18.2 Å². The standard InChI is InChI=1S/C13H17FO2/c14-12-6-2-1-4-10(12)8-13(15)11-5-3-7-16-9-11/h1-2,4,6,11,13,15H,3,5,7-9H2. The molecule has 3 heteroatoms. The molecule has 1 aliphatic heterocycles. The first-order chi connectivity index (χ1) is 7.77. The third kappa shape index (κ3) is 2.80. The van der Waals surface area contributed by atoms with Crippen LogP contribution in [0.3, 0.4) is 0 Å². The van der Waals surface area contributed by atoms with E-state index in [-0.39, 0.29) is 11.7 Å². The molecule has 1 aromatic carbocycles.